The summed E-state index contributed by atoms with van der Waals surface area (Å²) in [5, 5.41) is 14.3. The van der Waals surface area contributed by atoms with Crippen molar-refractivity contribution in [1.29, 1.82) is 0 Å². The fourth-order valence-electron chi connectivity index (χ4n) is 3.48. The number of fused-ring (bicyclic) bond motifs is 4. The molecule has 0 saturated carbocycles. The van der Waals surface area contributed by atoms with Crippen LogP contribution >= 0.6 is 0 Å². The van der Waals surface area contributed by atoms with Crippen LogP contribution < -0.4 is 9.47 Å². The number of para-hydroxylation sites is 1. The van der Waals surface area contributed by atoms with Crippen LogP contribution in [0, 0.1) is 0 Å². The van der Waals surface area contributed by atoms with E-state index in [-0.39, 0.29) is 0 Å². The van der Waals surface area contributed by atoms with Crippen molar-refractivity contribution >= 4 is 27.8 Å². The number of H-pyrrole nitrogens is 1. The quantitative estimate of drug-likeness (QED) is 0.518. The van der Waals surface area contributed by atoms with Gasteiger partial charge >= 0.3 is 0 Å². The number of ether oxygens (including phenoxy) is 2. The Labute approximate surface area is 160 Å². The van der Waals surface area contributed by atoms with E-state index in [0.29, 0.717) is 28.7 Å². The van der Waals surface area contributed by atoms with Crippen LogP contribution in [0.25, 0.3) is 39.2 Å². The maximum Gasteiger partial charge on any atom is 0.274 e. The number of aromatic nitrogens is 6. The summed E-state index contributed by atoms with van der Waals surface area (Å²) in [6.45, 7) is 2.13. The van der Waals surface area contributed by atoms with E-state index in [1.807, 2.05) is 18.2 Å². The van der Waals surface area contributed by atoms with Crippen molar-refractivity contribution in [3.05, 3.63) is 42.0 Å². The third kappa shape index (κ3) is 2.31. The Bertz CT molecular complexity index is 1340. The smallest absolute Gasteiger partial charge is 0.274 e. The van der Waals surface area contributed by atoms with E-state index in [0.717, 1.165) is 28.4 Å². The van der Waals surface area contributed by atoms with Crippen molar-refractivity contribution in [3.8, 4) is 22.9 Å². The first kappa shape index (κ1) is 16.5. The number of rotatable bonds is 4. The molecule has 0 aliphatic rings. The molecule has 140 valence electrons. The van der Waals surface area contributed by atoms with E-state index in [9.17, 15) is 0 Å². The molecule has 28 heavy (non-hydrogen) atoms. The van der Waals surface area contributed by atoms with Crippen LogP contribution in [0.5, 0.6) is 11.5 Å². The van der Waals surface area contributed by atoms with Crippen LogP contribution in [0.4, 0.5) is 0 Å². The van der Waals surface area contributed by atoms with Crippen molar-refractivity contribution < 1.29 is 9.47 Å². The number of methoxy groups -OCH3 is 2. The van der Waals surface area contributed by atoms with Crippen LogP contribution in [-0.2, 0) is 6.42 Å². The third-order valence-corrected chi connectivity index (χ3v) is 4.90. The van der Waals surface area contributed by atoms with Crippen LogP contribution in [0.2, 0.25) is 0 Å². The molecule has 5 rings (SSSR count). The highest BCUT2D eigenvalue weighted by Crippen LogP contribution is 2.37. The second-order valence-corrected chi connectivity index (χ2v) is 6.44. The van der Waals surface area contributed by atoms with E-state index in [4.69, 9.17) is 14.6 Å². The molecule has 3 heterocycles. The fourth-order valence-corrected chi connectivity index (χ4v) is 3.48. The Morgan fingerprint density at radius 3 is 2.75 bits per heavy atom. The zero-order valence-electron chi connectivity index (χ0n) is 15.7. The first-order valence-corrected chi connectivity index (χ1v) is 8.98. The SMILES string of the molecule is CCc1ccc2[nH]c3nc4nnc(-c5cccc(OC)c5OC)n4nc3c2c1. The molecular weight excluding hydrogens is 356 g/mol. The Kier molecular flexibility index (Phi) is 3.65. The van der Waals surface area contributed by atoms with Crippen molar-refractivity contribution in [2.24, 2.45) is 0 Å². The molecule has 2 aromatic carbocycles. The molecule has 0 radical (unpaired) electrons. The highest BCUT2D eigenvalue weighted by atomic mass is 16.5. The van der Waals surface area contributed by atoms with Gasteiger partial charge in [-0.05, 0) is 36.2 Å². The Balaban J connectivity index is 1.81. The van der Waals surface area contributed by atoms with Crippen molar-refractivity contribution in [2.75, 3.05) is 14.2 Å². The molecule has 1 N–H and O–H groups in total. The molecule has 3 aromatic heterocycles. The van der Waals surface area contributed by atoms with Gasteiger partial charge in [0.1, 0.15) is 5.52 Å². The average Bonchev–Trinajstić information content (AvgIpc) is 3.31. The van der Waals surface area contributed by atoms with E-state index >= 15 is 0 Å². The standard InChI is InChI=1S/C20H18N6O2/c1-4-11-8-9-14-13(10-11)16-18(21-14)22-20-24-23-19(26(20)25-16)12-6-5-7-15(27-2)17(12)28-3/h5-10H,4H2,1-3H3,(H,21,22,24). The number of nitrogens with one attached hydrogen (secondary N) is 1. The number of aryl methyl sites for hydroxylation is 1. The van der Waals surface area contributed by atoms with Crippen molar-refractivity contribution in [3.63, 3.8) is 0 Å². The lowest BCUT2D eigenvalue weighted by molar-refractivity contribution is 0.356. The summed E-state index contributed by atoms with van der Waals surface area (Å²) in [7, 11) is 3.20. The molecule has 8 heteroatoms. The average molecular weight is 374 g/mol. The number of nitrogens with zero attached hydrogens (tertiary/aromatic N) is 5. The van der Waals surface area contributed by atoms with Crippen molar-refractivity contribution in [1.82, 2.24) is 29.8 Å². The lowest BCUT2D eigenvalue weighted by Gasteiger charge is -2.10. The van der Waals surface area contributed by atoms with Gasteiger partial charge in [-0.2, -0.15) is 14.6 Å². The maximum atomic E-state index is 5.55. The number of hydrogen-bond donors (Lipinski definition) is 1. The molecule has 0 fully saturated rings. The van der Waals surface area contributed by atoms with Crippen LogP contribution in [0.3, 0.4) is 0 Å². The van der Waals surface area contributed by atoms with Crippen LogP contribution in [0.1, 0.15) is 12.5 Å². The van der Waals surface area contributed by atoms with Gasteiger partial charge in [-0.15, -0.1) is 10.2 Å². The van der Waals surface area contributed by atoms with Gasteiger partial charge in [0.15, 0.2) is 23.0 Å². The molecule has 0 atom stereocenters. The zero-order valence-corrected chi connectivity index (χ0v) is 15.7. The number of hydrogen-bond acceptors (Lipinski definition) is 6. The van der Waals surface area contributed by atoms with Gasteiger partial charge in [0.2, 0.25) is 0 Å². The first-order valence-electron chi connectivity index (χ1n) is 8.98. The van der Waals surface area contributed by atoms with E-state index in [2.05, 4.69) is 45.3 Å². The summed E-state index contributed by atoms with van der Waals surface area (Å²) in [6, 6.07) is 11.9. The molecule has 0 bridgehead atoms. The molecule has 5 aromatic rings. The predicted molar refractivity (Wildman–Crippen MR) is 106 cm³/mol. The van der Waals surface area contributed by atoms with Gasteiger partial charge in [-0.25, -0.2) is 0 Å². The Morgan fingerprint density at radius 2 is 1.96 bits per heavy atom. The molecule has 0 amide bonds. The third-order valence-electron chi connectivity index (χ3n) is 4.90. The van der Waals surface area contributed by atoms with E-state index in [1.54, 1.807) is 18.7 Å². The summed E-state index contributed by atoms with van der Waals surface area (Å²) in [5.41, 5.74) is 4.44. The highest BCUT2D eigenvalue weighted by molar-refractivity contribution is 6.03. The first-order chi connectivity index (χ1) is 13.7. The minimum absolute atomic E-state index is 0.412. The predicted octanol–water partition coefficient (Wildman–Crippen LogP) is 3.40. The number of aromatic amines is 1. The second-order valence-electron chi connectivity index (χ2n) is 6.44. The van der Waals surface area contributed by atoms with Gasteiger partial charge in [0, 0.05) is 10.9 Å². The Hall–Kier alpha value is -3.68. The number of benzene rings is 2. The lowest BCUT2D eigenvalue weighted by Crippen LogP contribution is -2.00. The maximum absolute atomic E-state index is 5.55. The molecule has 0 aliphatic heterocycles. The van der Waals surface area contributed by atoms with Gasteiger partial charge in [0.05, 0.1) is 19.8 Å². The molecule has 0 saturated heterocycles. The largest absolute Gasteiger partial charge is 0.493 e. The fraction of sp³-hybridized carbons (Fsp3) is 0.200. The minimum atomic E-state index is 0.412. The zero-order chi connectivity index (χ0) is 19.3. The Morgan fingerprint density at radius 1 is 1.07 bits per heavy atom. The van der Waals surface area contributed by atoms with Crippen LogP contribution in [-0.4, -0.2) is 44.0 Å². The summed E-state index contributed by atoms with van der Waals surface area (Å²) in [4.78, 5) is 7.93. The summed E-state index contributed by atoms with van der Waals surface area (Å²) in [5.74, 6) is 2.15. The van der Waals surface area contributed by atoms with Gasteiger partial charge in [-0.1, -0.05) is 19.1 Å². The molecule has 8 nitrogen and oxygen atoms in total. The van der Waals surface area contributed by atoms with E-state index < -0.39 is 0 Å². The van der Waals surface area contributed by atoms with Crippen LogP contribution in [0.15, 0.2) is 36.4 Å². The van der Waals surface area contributed by atoms with Gasteiger partial charge < -0.3 is 14.5 Å². The summed E-state index contributed by atoms with van der Waals surface area (Å²) in [6.07, 6.45) is 0.956. The summed E-state index contributed by atoms with van der Waals surface area (Å²) >= 11 is 0. The van der Waals surface area contributed by atoms with Crippen molar-refractivity contribution in [2.45, 2.75) is 13.3 Å². The molecule has 0 spiro atoms. The molecule has 0 unspecified atom stereocenters. The second kappa shape index (κ2) is 6.19. The molecular formula is C20H18N6O2. The molecule has 0 aliphatic carbocycles. The van der Waals surface area contributed by atoms with Gasteiger partial charge in [0.25, 0.3) is 5.78 Å². The van der Waals surface area contributed by atoms with E-state index in [1.165, 1.54) is 5.56 Å². The monoisotopic (exact) mass is 374 g/mol. The van der Waals surface area contributed by atoms with Gasteiger partial charge in [-0.3, -0.25) is 0 Å². The summed E-state index contributed by atoms with van der Waals surface area (Å²) < 4.78 is 12.6. The topological polar surface area (TPSA) is 90.2 Å². The highest BCUT2D eigenvalue weighted by Gasteiger charge is 2.19. The minimum Gasteiger partial charge on any atom is -0.493 e. The lowest BCUT2D eigenvalue weighted by atomic mass is 10.1. The normalized spacial score (nSPS) is 11.5.